The van der Waals surface area contributed by atoms with Crippen LogP contribution in [0.5, 0.6) is 5.88 Å². The Labute approximate surface area is 126 Å². The van der Waals surface area contributed by atoms with Crippen molar-refractivity contribution in [2.75, 3.05) is 0 Å². The maximum Gasteiger partial charge on any atom is 0.416 e. The lowest BCUT2D eigenvalue weighted by Gasteiger charge is -2.09. The first-order chi connectivity index (χ1) is 9.79. The molecule has 0 N–H and O–H groups in total. The second kappa shape index (κ2) is 5.88. The van der Waals surface area contributed by atoms with Crippen molar-refractivity contribution in [3.63, 3.8) is 0 Å². The Morgan fingerprint density at radius 3 is 2.48 bits per heavy atom. The summed E-state index contributed by atoms with van der Waals surface area (Å²) in [5.41, 5.74) is -0.496. The highest BCUT2D eigenvalue weighted by atomic mass is 79.9. The fourth-order valence-corrected chi connectivity index (χ4v) is 2.03. The number of hydrogen-bond donors (Lipinski definition) is 0. The van der Waals surface area contributed by atoms with E-state index in [9.17, 15) is 18.0 Å². The third-order valence-corrected chi connectivity index (χ3v) is 3.38. The molecular formula is C13H10BrF3N2O2. The van der Waals surface area contributed by atoms with E-state index >= 15 is 0 Å². The highest BCUT2D eigenvalue weighted by Crippen LogP contribution is 2.29. The molecule has 0 unspecified atom stereocenters. The first kappa shape index (κ1) is 15.6. The Bertz CT molecular complexity index is 696. The average Bonchev–Trinajstić information content (AvgIpc) is 2.43. The van der Waals surface area contributed by atoms with Gasteiger partial charge in [-0.1, -0.05) is 12.1 Å². The number of rotatable bonds is 3. The molecule has 0 radical (unpaired) electrons. The molecule has 1 aromatic carbocycles. The molecule has 112 valence electrons. The summed E-state index contributed by atoms with van der Waals surface area (Å²) in [4.78, 5) is 15.6. The first-order valence-corrected chi connectivity index (χ1v) is 6.58. The van der Waals surface area contributed by atoms with Crippen LogP contribution in [0.4, 0.5) is 13.2 Å². The number of aryl methyl sites for hydroxylation is 1. The van der Waals surface area contributed by atoms with Gasteiger partial charge < -0.3 is 9.30 Å². The van der Waals surface area contributed by atoms with Gasteiger partial charge in [-0.25, -0.2) is 4.98 Å². The summed E-state index contributed by atoms with van der Waals surface area (Å²) in [6.07, 6.45) is -3.06. The quantitative estimate of drug-likeness (QED) is 0.842. The monoisotopic (exact) mass is 362 g/mol. The van der Waals surface area contributed by atoms with Crippen molar-refractivity contribution in [3.8, 4) is 5.88 Å². The highest BCUT2D eigenvalue weighted by Gasteiger charge is 2.29. The topological polar surface area (TPSA) is 44.1 Å². The van der Waals surface area contributed by atoms with Gasteiger partial charge in [-0.15, -0.1) is 0 Å². The van der Waals surface area contributed by atoms with Gasteiger partial charge in [0, 0.05) is 7.05 Å². The van der Waals surface area contributed by atoms with Gasteiger partial charge in [-0.2, -0.15) is 13.2 Å². The summed E-state index contributed by atoms with van der Waals surface area (Å²) in [7, 11) is 1.54. The number of benzene rings is 1. The lowest BCUT2D eigenvalue weighted by atomic mass is 10.1. The number of hydrogen-bond acceptors (Lipinski definition) is 3. The molecule has 8 heteroatoms. The Kier molecular flexibility index (Phi) is 4.36. The van der Waals surface area contributed by atoms with E-state index in [2.05, 4.69) is 20.9 Å². The zero-order chi connectivity index (χ0) is 15.6. The van der Waals surface area contributed by atoms with Crippen LogP contribution in [0.1, 0.15) is 11.1 Å². The van der Waals surface area contributed by atoms with Crippen LogP contribution in [0.2, 0.25) is 0 Å². The van der Waals surface area contributed by atoms with Gasteiger partial charge in [0.2, 0.25) is 5.88 Å². The lowest BCUT2D eigenvalue weighted by molar-refractivity contribution is -0.137. The van der Waals surface area contributed by atoms with E-state index in [4.69, 9.17) is 4.74 Å². The average molecular weight is 363 g/mol. The fourth-order valence-electron chi connectivity index (χ4n) is 1.54. The molecule has 0 fully saturated rings. The molecule has 0 atom stereocenters. The Balaban J connectivity index is 2.10. The molecule has 1 heterocycles. The molecule has 0 aliphatic carbocycles. The van der Waals surface area contributed by atoms with E-state index in [0.717, 1.165) is 12.1 Å². The second-order valence-electron chi connectivity index (χ2n) is 4.26. The van der Waals surface area contributed by atoms with Crippen molar-refractivity contribution >= 4 is 15.9 Å². The van der Waals surface area contributed by atoms with Gasteiger partial charge in [0.05, 0.1) is 5.56 Å². The Hall–Kier alpha value is -1.83. The second-order valence-corrected chi connectivity index (χ2v) is 5.06. The van der Waals surface area contributed by atoms with Gasteiger partial charge >= 0.3 is 6.18 Å². The minimum absolute atomic E-state index is 0.0108. The van der Waals surface area contributed by atoms with Crippen molar-refractivity contribution in [2.45, 2.75) is 12.8 Å². The third-order valence-electron chi connectivity index (χ3n) is 2.70. The van der Waals surface area contributed by atoms with E-state index in [1.165, 1.54) is 23.0 Å². The highest BCUT2D eigenvalue weighted by molar-refractivity contribution is 9.10. The van der Waals surface area contributed by atoms with Crippen molar-refractivity contribution < 1.29 is 17.9 Å². The summed E-state index contributed by atoms with van der Waals surface area (Å²) in [6, 6.07) is 4.59. The molecule has 0 aliphatic heterocycles. The minimum atomic E-state index is -4.37. The lowest BCUT2D eigenvalue weighted by Crippen LogP contribution is -2.18. The number of alkyl halides is 3. The zero-order valence-electron chi connectivity index (χ0n) is 10.8. The normalized spacial score (nSPS) is 11.5. The van der Waals surface area contributed by atoms with Gasteiger partial charge in [0.15, 0.2) is 0 Å². The van der Waals surface area contributed by atoms with Gasteiger partial charge in [0.1, 0.15) is 17.4 Å². The summed E-state index contributed by atoms with van der Waals surface area (Å²) >= 11 is 3.07. The molecule has 2 aromatic rings. The Morgan fingerprint density at radius 1 is 1.29 bits per heavy atom. The predicted octanol–water partition coefficient (Wildman–Crippen LogP) is 3.14. The third kappa shape index (κ3) is 3.63. The van der Waals surface area contributed by atoms with Crippen LogP contribution in [0, 0.1) is 0 Å². The number of ether oxygens (including phenoxy) is 1. The first-order valence-electron chi connectivity index (χ1n) is 5.79. The van der Waals surface area contributed by atoms with E-state index < -0.39 is 11.7 Å². The molecule has 1 aromatic heterocycles. The molecule has 0 spiro atoms. The van der Waals surface area contributed by atoms with Crippen LogP contribution in [0.25, 0.3) is 0 Å². The smallest absolute Gasteiger partial charge is 0.416 e. The van der Waals surface area contributed by atoms with E-state index in [0.29, 0.717) is 5.56 Å². The molecular weight excluding hydrogens is 353 g/mol. The summed E-state index contributed by atoms with van der Waals surface area (Å²) in [5, 5.41) is 0. The van der Waals surface area contributed by atoms with Crippen LogP contribution < -0.4 is 10.3 Å². The SMILES string of the molecule is Cn1cnc(OCc2ccc(C(F)(F)F)cc2)c(Br)c1=O. The molecule has 0 amide bonds. The van der Waals surface area contributed by atoms with Crippen molar-refractivity contribution in [1.82, 2.24) is 9.55 Å². The van der Waals surface area contributed by atoms with Gasteiger partial charge in [-0.05, 0) is 33.6 Å². The van der Waals surface area contributed by atoms with Crippen LogP contribution in [-0.4, -0.2) is 9.55 Å². The molecule has 0 saturated heterocycles. The van der Waals surface area contributed by atoms with Crippen LogP contribution in [0.3, 0.4) is 0 Å². The summed E-state index contributed by atoms with van der Waals surface area (Å²) in [6.45, 7) is 0.0108. The van der Waals surface area contributed by atoms with Gasteiger partial charge in [-0.3, -0.25) is 4.79 Å². The number of nitrogens with zero attached hydrogens (tertiary/aromatic N) is 2. The Morgan fingerprint density at radius 2 is 1.90 bits per heavy atom. The molecule has 0 saturated carbocycles. The summed E-state index contributed by atoms with van der Waals surface area (Å²) in [5.74, 6) is 0.0954. The summed E-state index contributed by atoms with van der Waals surface area (Å²) < 4.78 is 44.0. The molecule has 0 bridgehead atoms. The standard InChI is InChI=1S/C13H10BrF3N2O2/c1-19-7-18-11(10(14)12(19)20)21-6-8-2-4-9(5-3-8)13(15,16)17/h2-5,7H,6H2,1H3. The van der Waals surface area contributed by atoms with Crippen molar-refractivity contribution in [3.05, 3.63) is 56.5 Å². The molecule has 21 heavy (non-hydrogen) atoms. The fraction of sp³-hybridized carbons (Fsp3) is 0.231. The molecule has 4 nitrogen and oxygen atoms in total. The van der Waals surface area contributed by atoms with Crippen molar-refractivity contribution in [1.29, 1.82) is 0 Å². The minimum Gasteiger partial charge on any atom is -0.472 e. The van der Waals surface area contributed by atoms with E-state index in [1.54, 1.807) is 7.05 Å². The molecule has 0 aliphatic rings. The number of aromatic nitrogens is 2. The van der Waals surface area contributed by atoms with Crippen LogP contribution in [-0.2, 0) is 19.8 Å². The van der Waals surface area contributed by atoms with Gasteiger partial charge in [0.25, 0.3) is 5.56 Å². The van der Waals surface area contributed by atoms with Crippen LogP contribution in [0.15, 0.2) is 39.9 Å². The van der Waals surface area contributed by atoms with Crippen LogP contribution >= 0.6 is 15.9 Å². The predicted molar refractivity (Wildman–Crippen MR) is 73.0 cm³/mol. The molecule has 2 rings (SSSR count). The largest absolute Gasteiger partial charge is 0.472 e. The van der Waals surface area contributed by atoms with E-state index in [1.807, 2.05) is 0 Å². The number of halogens is 4. The maximum atomic E-state index is 12.4. The van der Waals surface area contributed by atoms with E-state index in [-0.39, 0.29) is 22.5 Å². The maximum absolute atomic E-state index is 12.4. The zero-order valence-corrected chi connectivity index (χ0v) is 12.4. The van der Waals surface area contributed by atoms with Crippen molar-refractivity contribution in [2.24, 2.45) is 7.05 Å².